The number of hydrogen-bond donors (Lipinski definition) is 1. The molecule has 0 saturated heterocycles. The Morgan fingerprint density at radius 1 is 1.27 bits per heavy atom. The van der Waals surface area contributed by atoms with E-state index in [0.29, 0.717) is 19.1 Å². The Kier molecular flexibility index (Phi) is 6.64. The fraction of sp³-hybridized carbons (Fsp3) is 1.00. The number of hydrogen-bond acceptors (Lipinski definition) is 2. The Bertz CT molecular complexity index is 199. The summed E-state index contributed by atoms with van der Waals surface area (Å²) in [5.41, 5.74) is 0. The van der Waals surface area contributed by atoms with Gasteiger partial charge in [0, 0.05) is 6.54 Å². The first kappa shape index (κ1) is 15.1. The van der Waals surface area contributed by atoms with Crippen molar-refractivity contribution in [2.45, 2.75) is 52.4 Å². The van der Waals surface area contributed by atoms with Gasteiger partial charge in [-0.05, 0) is 33.6 Å². The molecule has 0 aliphatic heterocycles. The molecule has 2 unspecified atom stereocenters. The van der Waals surface area contributed by atoms with E-state index in [2.05, 4.69) is 25.5 Å². The zero-order chi connectivity index (χ0) is 12.1. The monoisotopic (exact) mass is 235 g/mol. The van der Waals surface area contributed by atoms with Gasteiger partial charge < -0.3 is 4.74 Å². The van der Waals surface area contributed by atoms with Gasteiger partial charge in [0.25, 0.3) is 0 Å². The van der Waals surface area contributed by atoms with E-state index < -0.39 is 11.0 Å². The van der Waals surface area contributed by atoms with Crippen LogP contribution in [0.3, 0.4) is 0 Å². The van der Waals surface area contributed by atoms with E-state index in [-0.39, 0.29) is 10.9 Å². The van der Waals surface area contributed by atoms with Crippen LogP contribution in [0, 0.1) is 5.92 Å². The number of ether oxygens (including phenoxy) is 1. The second kappa shape index (κ2) is 6.61. The molecule has 0 aromatic rings. The zero-order valence-electron chi connectivity index (χ0n) is 10.8. The fourth-order valence-electron chi connectivity index (χ4n) is 0.788. The molecule has 3 nitrogen and oxygen atoms in total. The minimum absolute atomic E-state index is 0.205. The van der Waals surface area contributed by atoms with Gasteiger partial charge in [0.2, 0.25) is 0 Å². The third kappa shape index (κ3) is 7.03. The molecular weight excluding hydrogens is 210 g/mol. The van der Waals surface area contributed by atoms with Crippen LogP contribution in [-0.4, -0.2) is 28.2 Å². The van der Waals surface area contributed by atoms with Crippen LogP contribution in [0.5, 0.6) is 0 Å². The van der Waals surface area contributed by atoms with Gasteiger partial charge in [-0.2, -0.15) is 0 Å². The van der Waals surface area contributed by atoms with Crippen LogP contribution in [0.4, 0.5) is 0 Å². The molecule has 0 aromatic heterocycles. The molecule has 0 aromatic carbocycles. The van der Waals surface area contributed by atoms with Crippen molar-refractivity contribution >= 4 is 11.0 Å². The minimum Gasteiger partial charge on any atom is -0.377 e. The molecule has 92 valence electrons. The summed E-state index contributed by atoms with van der Waals surface area (Å²) in [5, 5.41) is 0. The molecular formula is C11H25NO2S. The molecule has 1 N–H and O–H groups in total. The van der Waals surface area contributed by atoms with Crippen molar-refractivity contribution < 1.29 is 8.95 Å². The van der Waals surface area contributed by atoms with Gasteiger partial charge in [-0.1, -0.05) is 13.8 Å². The van der Waals surface area contributed by atoms with Gasteiger partial charge in [-0.25, -0.2) is 8.93 Å². The smallest absolute Gasteiger partial charge is 0.0970 e. The lowest BCUT2D eigenvalue weighted by Crippen LogP contribution is -2.35. The minimum atomic E-state index is -0.993. The molecule has 0 spiro atoms. The van der Waals surface area contributed by atoms with Crippen molar-refractivity contribution in [2.24, 2.45) is 5.92 Å². The van der Waals surface area contributed by atoms with Crippen molar-refractivity contribution in [3.8, 4) is 0 Å². The highest BCUT2D eigenvalue weighted by molar-refractivity contribution is 7.84. The Morgan fingerprint density at radius 2 is 1.80 bits per heavy atom. The standard InChI is InChI=1S/C11H25NO2S/c1-9(2)10(3)14-8-7-12-15(13)11(4,5)6/h9-10,12H,7-8H2,1-6H3. The van der Waals surface area contributed by atoms with Crippen molar-refractivity contribution in [3.05, 3.63) is 0 Å². The normalized spacial score (nSPS) is 16.7. The SMILES string of the molecule is CC(C)C(C)OCCNS(=O)C(C)(C)C. The summed E-state index contributed by atoms with van der Waals surface area (Å²) in [5.74, 6) is 0.526. The highest BCUT2D eigenvalue weighted by Gasteiger charge is 2.18. The van der Waals surface area contributed by atoms with Crippen LogP contribution in [0.1, 0.15) is 41.5 Å². The maximum Gasteiger partial charge on any atom is 0.0970 e. The molecule has 0 heterocycles. The summed E-state index contributed by atoms with van der Waals surface area (Å²) < 4.78 is 19.9. The Hall–Kier alpha value is 0.0700. The highest BCUT2D eigenvalue weighted by Crippen LogP contribution is 2.08. The molecule has 15 heavy (non-hydrogen) atoms. The molecule has 0 aliphatic carbocycles. The summed E-state index contributed by atoms with van der Waals surface area (Å²) in [6.45, 7) is 13.4. The average Bonchev–Trinajstić information content (AvgIpc) is 2.09. The number of rotatable bonds is 6. The third-order valence-electron chi connectivity index (χ3n) is 2.21. The first-order valence-electron chi connectivity index (χ1n) is 5.52. The molecule has 0 rings (SSSR count). The lowest BCUT2D eigenvalue weighted by atomic mass is 10.1. The summed E-state index contributed by atoms with van der Waals surface area (Å²) in [7, 11) is -0.993. The summed E-state index contributed by atoms with van der Waals surface area (Å²) >= 11 is 0. The van der Waals surface area contributed by atoms with Crippen LogP contribution in [0.25, 0.3) is 0 Å². The van der Waals surface area contributed by atoms with Crippen molar-refractivity contribution in [3.63, 3.8) is 0 Å². The predicted octanol–water partition coefficient (Wildman–Crippen LogP) is 2.10. The Balaban J connectivity index is 3.60. The fourth-order valence-corrected chi connectivity index (χ4v) is 1.49. The molecule has 0 saturated carbocycles. The van der Waals surface area contributed by atoms with Gasteiger partial charge in [-0.3, -0.25) is 0 Å². The maximum absolute atomic E-state index is 11.6. The van der Waals surface area contributed by atoms with Crippen LogP contribution in [0.2, 0.25) is 0 Å². The maximum atomic E-state index is 11.6. The van der Waals surface area contributed by atoms with Crippen molar-refractivity contribution in [1.29, 1.82) is 0 Å². The Labute approximate surface area is 96.6 Å². The molecule has 0 bridgehead atoms. The summed E-state index contributed by atoms with van der Waals surface area (Å²) in [4.78, 5) is 0. The van der Waals surface area contributed by atoms with E-state index >= 15 is 0 Å². The van der Waals surface area contributed by atoms with Crippen LogP contribution < -0.4 is 4.72 Å². The molecule has 2 atom stereocenters. The molecule has 0 fully saturated rings. The third-order valence-corrected chi connectivity index (χ3v) is 3.79. The van der Waals surface area contributed by atoms with E-state index in [1.165, 1.54) is 0 Å². The quantitative estimate of drug-likeness (QED) is 0.716. The zero-order valence-corrected chi connectivity index (χ0v) is 11.6. The lowest BCUT2D eigenvalue weighted by Gasteiger charge is -2.20. The van der Waals surface area contributed by atoms with E-state index in [0.717, 1.165) is 0 Å². The second-order valence-corrected chi connectivity index (χ2v) is 7.15. The van der Waals surface area contributed by atoms with Crippen LogP contribution >= 0.6 is 0 Å². The largest absolute Gasteiger partial charge is 0.377 e. The van der Waals surface area contributed by atoms with Crippen LogP contribution in [0.15, 0.2) is 0 Å². The van der Waals surface area contributed by atoms with Gasteiger partial charge in [0.1, 0.15) is 0 Å². The summed E-state index contributed by atoms with van der Waals surface area (Å²) in [6, 6.07) is 0. The average molecular weight is 235 g/mol. The van der Waals surface area contributed by atoms with Gasteiger partial charge in [0.05, 0.1) is 28.4 Å². The summed E-state index contributed by atoms with van der Waals surface area (Å²) in [6.07, 6.45) is 0.259. The topological polar surface area (TPSA) is 38.3 Å². The first-order valence-corrected chi connectivity index (χ1v) is 6.67. The number of nitrogens with one attached hydrogen (secondary N) is 1. The van der Waals surface area contributed by atoms with Crippen LogP contribution in [-0.2, 0) is 15.7 Å². The highest BCUT2D eigenvalue weighted by atomic mass is 32.2. The van der Waals surface area contributed by atoms with Crippen molar-refractivity contribution in [2.75, 3.05) is 13.2 Å². The lowest BCUT2D eigenvalue weighted by molar-refractivity contribution is 0.0394. The van der Waals surface area contributed by atoms with Gasteiger partial charge in [-0.15, -0.1) is 0 Å². The van der Waals surface area contributed by atoms with E-state index in [9.17, 15) is 4.21 Å². The second-order valence-electron chi connectivity index (χ2n) is 5.10. The molecule has 0 amide bonds. The predicted molar refractivity (Wildman–Crippen MR) is 66.2 cm³/mol. The van der Waals surface area contributed by atoms with E-state index in [1.807, 2.05) is 20.8 Å². The van der Waals surface area contributed by atoms with Crippen molar-refractivity contribution in [1.82, 2.24) is 4.72 Å². The first-order chi connectivity index (χ1) is 6.75. The molecule has 4 heteroatoms. The van der Waals surface area contributed by atoms with E-state index in [4.69, 9.17) is 4.74 Å². The van der Waals surface area contributed by atoms with Gasteiger partial charge in [0.15, 0.2) is 0 Å². The van der Waals surface area contributed by atoms with Gasteiger partial charge >= 0.3 is 0 Å². The Morgan fingerprint density at radius 3 is 2.20 bits per heavy atom. The van der Waals surface area contributed by atoms with E-state index in [1.54, 1.807) is 0 Å². The molecule has 0 radical (unpaired) electrons. The molecule has 0 aliphatic rings.